The Labute approximate surface area is 172 Å². The van der Waals surface area contributed by atoms with Gasteiger partial charge in [0.25, 0.3) is 0 Å². The number of carbonyl (C=O) groups is 1. The van der Waals surface area contributed by atoms with Crippen molar-refractivity contribution in [2.75, 3.05) is 7.11 Å². The second-order valence-corrected chi connectivity index (χ2v) is 7.13. The molecule has 0 heterocycles. The molecule has 1 amide bonds. The highest BCUT2D eigenvalue weighted by Crippen LogP contribution is 2.34. The van der Waals surface area contributed by atoms with Crippen LogP contribution in [0.15, 0.2) is 41.5 Å². The molecule has 7 heteroatoms. The molecule has 2 aromatic carbocycles. The van der Waals surface area contributed by atoms with Gasteiger partial charge in [-0.2, -0.15) is 5.10 Å². The van der Waals surface area contributed by atoms with Crippen molar-refractivity contribution in [3.63, 3.8) is 0 Å². The molecule has 0 aliphatic rings. The maximum absolute atomic E-state index is 12.9. The molecule has 0 radical (unpaired) electrons. The zero-order chi connectivity index (χ0) is 19.8. The summed E-state index contributed by atoms with van der Waals surface area (Å²) in [6, 6.07) is 9.49. The Morgan fingerprint density at radius 3 is 2.67 bits per heavy atom. The van der Waals surface area contributed by atoms with Crippen LogP contribution in [0.5, 0.6) is 11.5 Å². The van der Waals surface area contributed by atoms with Crippen molar-refractivity contribution in [3.8, 4) is 11.5 Å². The number of nitrogens with one attached hydrogen (secondary N) is 1. The van der Waals surface area contributed by atoms with Gasteiger partial charge in [0.05, 0.1) is 29.4 Å². The maximum Gasteiger partial charge on any atom is 0.244 e. The Hall–Kier alpha value is -2.16. The fourth-order valence-electron chi connectivity index (χ4n) is 2.22. The van der Waals surface area contributed by atoms with Crippen molar-refractivity contribution in [2.45, 2.75) is 32.8 Å². The Bertz CT molecular complexity index is 810. The number of hydrazone groups is 1. The lowest BCUT2D eigenvalue weighted by molar-refractivity contribution is -0.120. The molecule has 0 aliphatic heterocycles. The van der Waals surface area contributed by atoms with Crippen molar-refractivity contribution in [3.05, 3.63) is 56.9 Å². The minimum atomic E-state index is -0.332. The van der Waals surface area contributed by atoms with Crippen molar-refractivity contribution in [1.29, 1.82) is 0 Å². The van der Waals surface area contributed by atoms with E-state index in [2.05, 4.69) is 40.0 Å². The van der Waals surface area contributed by atoms with Gasteiger partial charge in [-0.3, -0.25) is 4.79 Å². The zero-order valence-electron chi connectivity index (χ0n) is 15.5. The van der Waals surface area contributed by atoms with Crippen molar-refractivity contribution in [1.82, 2.24) is 5.43 Å². The molecule has 1 N–H and O–H groups in total. The Kier molecular flexibility index (Phi) is 8.02. The minimum Gasteiger partial charge on any atom is -0.493 e. The van der Waals surface area contributed by atoms with Crippen LogP contribution in [0, 0.1) is 9.39 Å². The van der Waals surface area contributed by atoms with E-state index in [4.69, 9.17) is 9.47 Å². The molecule has 5 nitrogen and oxygen atoms in total. The molecule has 0 fully saturated rings. The summed E-state index contributed by atoms with van der Waals surface area (Å²) < 4.78 is 25.1. The number of benzene rings is 2. The molecular weight excluding hydrogens is 462 g/mol. The molecule has 0 spiro atoms. The predicted molar refractivity (Wildman–Crippen MR) is 112 cm³/mol. The van der Waals surface area contributed by atoms with Crippen LogP contribution in [0.25, 0.3) is 0 Å². The second kappa shape index (κ2) is 10.2. The first kappa shape index (κ1) is 21.1. The normalized spacial score (nSPS) is 12.0. The van der Waals surface area contributed by atoms with Gasteiger partial charge in [0.1, 0.15) is 5.82 Å². The zero-order valence-corrected chi connectivity index (χ0v) is 17.6. The summed E-state index contributed by atoms with van der Waals surface area (Å²) in [4.78, 5) is 11.9. The fraction of sp³-hybridized carbons (Fsp3) is 0.300. The Morgan fingerprint density at radius 1 is 1.33 bits per heavy atom. The molecule has 27 heavy (non-hydrogen) atoms. The third-order valence-electron chi connectivity index (χ3n) is 3.83. The molecule has 0 saturated carbocycles. The van der Waals surface area contributed by atoms with Gasteiger partial charge in [0.2, 0.25) is 5.91 Å². The average molecular weight is 484 g/mol. The maximum atomic E-state index is 12.9. The topological polar surface area (TPSA) is 59.9 Å². The number of hydrogen-bond acceptors (Lipinski definition) is 4. The molecule has 0 bridgehead atoms. The van der Waals surface area contributed by atoms with Gasteiger partial charge in [-0.15, -0.1) is 0 Å². The van der Waals surface area contributed by atoms with E-state index in [1.165, 1.54) is 12.1 Å². The predicted octanol–water partition coefficient (Wildman–Crippen LogP) is 4.31. The van der Waals surface area contributed by atoms with Gasteiger partial charge >= 0.3 is 0 Å². The standard InChI is InChI=1S/C20H22FIN2O3/c1-4-13(2)27-20-17(22)9-15(10-18(20)26-3)12-23-24-19(25)11-14-5-7-16(21)8-6-14/h5-10,12-13H,4,11H2,1-3H3,(H,24,25)/b23-12+/t13-/m1/s1. The van der Waals surface area contributed by atoms with Crippen molar-refractivity contribution >= 4 is 34.7 Å². The van der Waals surface area contributed by atoms with Crippen LogP contribution >= 0.6 is 22.6 Å². The number of amides is 1. The van der Waals surface area contributed by atoms with E-state index in [1.807, 2.05) is 13.0 Å². The Balaban J connectivity index is 2.02. The molecule has 0 aliphatic carbocycles. The van der Waals surface area contributed by atoms with E-state index in [9.17, 15) is 9.18 Å². The lowest BCUT2D eigenvalue weighted by Crippen LogP contribution is -2.19. The number of halogens is 2. The lowest BCUT2D eigenvalue weighted by atomic mass is 10.1. The van der Waals surface area contributed by atoms with Gasteiger partial charge in [0.15, 0.2) is 11.5 Å². The van der Waals surface area contributed by atoms with Crippen LogP contribution < -0.4 is 14.9 Å². The van der Waals surface area contributed by atoms with Gasteiger partial charge in [-0.1, -0.05) is 19.1 Å². The molecule has 0 aromatic heterocycles. The summed E-state index contributed by atoms with van der Waals surface area (Å²) >= 11 is 2.18. The van der Waals surface area contributed by atoms with E-state index >= 15 is 0 Å². The number of methoxy groups -OCH3 is 1. The van der Waals surface area contributed by atoms with Gasteiger partial charge in [0, 0.05) is 0 Å². The first-order chi connectivity index (χ1) is 12.9. The quantitative estimate of drug-likeness (QED) is 0.345. The molecular formula is C20H22FIN2O3. The number of rotatable bonds is 8. The summed E-state index contributed by atoms with van der Waals surface area (Å²) in [5, 5.41) is 3.98. The van der Waals surface area contributed by atoms with Crippen LogP contribution in [-0.4, -0.2) is 25.3 Å². The smallest absolute Gasteiger partial charge is 0.244 e. The SMILES string of the molecule is CC[C@@H](C)Oc1c(I)cc(/C=N/NC(=O)Cc2ccc(F)cc2)cc1OC. The molecule has 1 atom stereocenters. The number of nitrogens with zero attached hydrogens (tertiary/aromatic N) is 1. The summed E-state index contributed by atoms with van der Waals surface area (Å²) in [5.41, 5.74) is 3.96. The van der Waals surface area contributed by atoms with E-state index in [0.29, 0.717) is 17.1 Å². The number of ether oxygens (including phenoxy) is 2. The summed E-state index contributed by atoms with van der Waals surface area (Å²) in [6.45, 7) is 4.06. The van der Waals surface area contributed by atoms with E-state index in [-0.39, 0.29) is 24.2 Å². The number of hydrogen-bond donors (Lipinski definition) is 1. The lowest BCUT2D eigenvalue weighted by Gasteiger charge is -2.17. The fourth-order valence-corrected chi connectivity index (χ4v) is 2.97. The van der Waals surface area contributed by atoms with Crippen LogP contribution in [-0.2, 0) is 11.2 Å². The first-order valence-corrected chi connectivity index (χ1v) is 9.61. The summed E-state index contributed by atoms with van der Waals surface area (Å²) in [6.07, 6.45) is 2.64. The third-order valence-corrected chi connectivity index (χ3v) is 4.63. The van der Waals surface area contributed by atoms with Gasteiger partial charge < -0.3 is 9.47 Å². The van der Waals surface area contributed by atoms with Gasteiger partial charge in [-0.25, -0.2) is 9.82 Å². The molecule has 2 aromatic rings. The average Bonchev–Trinajstić information content (AvgIpc) is 2.65. The number of carbonyl (C=O) groups excluding carboxylic acids is 1. The molecule has 144 valence electrons. The highest BCUT2D eigenvalue weighted by atomic mass is 127. The van der Waals surface area contributed by atoms with E-state index in [1.54, 1.807) is 31.5 Å². The van der Waals surface area contributed by atoms with Crippen molar-refractivity contribution in [2.24, 2.45) is 5.10 Å². The monoisotopic (exact) mass is 484 g/mol. The second-order valence-electron chi connectivity index (χ2n) is 5.97. The van der Waals surface area contributed by atoms with Crippen LogP contribution in [0.3, 0.4) is 0 Å². The minimum absolute atomic E-state index is 0.0812. The van der Waals surface area contributed by atoms with Crippen LogP contribution in [0.1, 0.15) is 31.4 Å². The van der Waals surface area contributed by atoms with Crippen molar-refractivity contribution < 1.29 is 18.7 Å². The van der Waals surface area contributed by atoms with Crippen LogP contribution in [0.4, 0.5) is 4.39 Å². The van der Waals surface area contributed by atoms with E-state index in [0.717, 1.165) is 15.6 Å². The van der Waals surface area contributed by atoms with Gasteiger partial charge in [-0.05, 0) is 71.3 Å². The first-order valence-electron chi connectivity index (χ1n) is 8.53. The molecule has 2 rings (SSSR count). The molecule has 0 saturated heterocycles. The highest BCUT2D eigenvalue weighted by molar-refractivity contribution is 14.1. The third kappa shape index (κ3) is 6.50. The van der Waals surface area contributed by atoms with E-state index < -0.39 is 0 Å². The Morgan fingerprint density at radius 2 is 2.04 bits per heavy atom. The highest BCUT2D eigenvalue weighted by Gasteiger charge is 2.13. The van der Waals surface area contributed by atoms with Crippen LogP contribution in [0.2, 0.25) is 0 Å². The summed E-state index contributed by atoms with van der Waals surface area (Å²) in [7, 11) is 1.58. The summed E-state index contributed by atoms with van der Waals surface area (Å²) in [5.74, 6) is 0.698. The largest absolute Gasteiger partial charge is 0.493 e. The molecule has 0 unspecified atom stereocenters.